The van der Waals surface area contributed by atoms with Crippen molar-refractivity contribution in [3.8, 4) is 0 Å². The first-order valence-corrected chi connectivity index (χ1v) is 9.78. The Hall–Kier alpha value is -2.60. The SMILES string of the molecule is Cc1ccc(F)c(N2CCCC(NC(=O)N(CCO)Cc3ccccc3)C2)c1. The normalized spacial score (nSPS) is 16.7. The predicted octanol–water partition coefficient (Wildman–Crippen LogP) is 3.31. The number of aryl methyl sites for hydroxylation is 1. The van der Waals surface area contributed by atoms with Gasteiger partial charge in [-0.25, -0.2) is 9.18 Å². The summed E-state index contributed by atoms with van der Waals surface area (Å²) < 4.78 is 14.2. The van der Waals surface area contributed by atoms with E-state index in [4.69, 9.17) is 0 Å². The van der Waals surface area contributed by atoms with Gasteiger partial charge < -0.3 is 20.2 Å². The van der Waals surface area contributed by atoms with Crippen molar-refractivity contribution < 1.29 is 14.3 Å². The van der Waals surface area contributed by atoms with Crippen LogP contribution in [0.3, 0.4) is 0 Å². The summed E-state index contributed by atoms with van der Waals surface area (Å²) in [5.41, 5.74) is 2.62. The summed E-state index contributed by atoms with van der Waals surface area (Å²) in [5, 5.41) is 12.4. The minimum absolute atomic E-state index is 0.0573. The summed E-state index contributed by atoms with van der Waals surface area (Å²) in [5.74, 6) is -0.233. The van der Waals surface area contributed by atoms with E-state index in [0.29, 0.717) is 18.8 Å². The lowest BCUT2D eigenvalue weighted by Crippen LogP contribution is -2.52. The van der Waals surface area contributed by atoms with Crippen LogP contribution in [0.15, 0.2) is 48.5 Å². The third-order valence-corrected chi connectivity index (χ3v) is 5.06. The first-order valence-electron chi connectivity index (χ1n) is 9.78. The van der Waals surface area contributed by atoms with E-state index in [2.05, 4.69) is 5.32 Å². The lowest BCUT2D eigenvalue weighted by molar-refractivity contribution is 0.169. The van der Waals surface area contributed by atoms with Crippen molar-refractivity contribution in [2.24, 2.45) is 0 Å². The maximum absolute atomic E-state index is 14.2. The van der Waals surface area contributed by atoms with Crippen molar-refractivity contribution in [3.63, 3.8) is 0 Å². The third kappa shape index (κ3) is 5.23. The zero-order chi connectivity index (χ0) is 19.9. The molecule has 0 spiro atoms. The number of aliphatic hydroxyl groups excluding tert-OH is 1. The van der Waals surface area contributed by atoms with Gasteiger partial charge in [0.15, 0.2) is 0 Å². The maximum atomic E-state index is 14.2. The number of rotatable bonds is 6. The van der Waals surface area contributed by atoms with E-state index in [1.165, 1.54) is 6.07 Å². The Balaban J connectivity index is 1.64. The quantitative estimate of drug-likeness (QED) is 0.802. The first kappa shape index (κ1) is 20.1. The molecule has 1 aliphatic rings. The molecule has 0 saturated carbocycles. The number of carbonyl (C=O) groups is 1. The highest BCUT2D eigenvalue weighted by Gasteiger charge is 2.25. The van der Waals surface area contributed by atoms with Gasteiger partial charge in [0.1, 0.15) is 5.82 Å². The standard InChI is InChI=1S/C22H28FN3O2/c1-17-9-10-20(23)21(14-17)25-11-5-8-19(16-25)24-22(28)26(12-13-27)15-18-6-3-2-4-7-18/h2-4,6-7,9-10,14,19,27H,5,8,11-13,15-16H2,1H3,(H,24,28). The van der Waals surface area contributed by atoms with Gasteiger partial charge in [-0.15, -0.1) is 0 Å². The molecule has 1 atom stereocenters. The molecule has 1 saturated heterocycles. The minimum Gasteiger partial charge on any atom is -0.395 e. The van der Waals surface area contributed by atoms with E-state index in [1.54, 1.807) is 11.0 Å². The number of hydrogen-bond acceptors (Lipinski definition) is 3. The first-order chi connectivity index (χ1) is 13.6. The van der Waals surface area contributed by atoms with Crippen LogP contribution in [0.4, 0.5) is 14.9 Å². The highest BCUT2D eigenvalue weighted by molar-refractivity contribution is 5.74. The summed E-state index contributed by atoms with van der Waals surface area (Å²) in [6, 6.07) is 14.6. The number of halogens is 1. The van der Waals surface area contributed by atoms with Gasteiger partial charge in [-0.05, 0) is 43.0 Å². The zero-order valence-electron chi connectivity index (χ0n) is 16.3. The van der Waals surface area contributed by atoms with Crippen molar-refractivity contribution in [1.29, 1.82) is 0 Å². The summed E-state index contributed by atoms with van der Waals surface area (Å²) in [4.78, 5) is 16.4. The number of anilines is 1. The molecule has 0 aromatic heterocycles. The Labute approximate surface area is 165 Å². The number of piperidine rings is 1. The zero-order valence-corrected chi connectivity index (χ0v) is 16.3. The van der Waals surface area contributed by atoms with E-state index in [9.17, 15) is 14.3 Å². The Bertz CT molecular complexity index is 785. The number of hydrogen-bond donors (Lipinski definition) is 2. The molecule has 1 fully saturated rings. The third-order valence-electron chi connectivity index (χ3n) is 5.06. The molecule has 0 aliphatic carbocycles. The Morgan fingerprint density at radius 2 is 2.07 bits per heavy atom. The van der Waals surface area contributed by atoms with Crippen molar-refractivity contribution in [3.05, 3.63) is 65.5 Å². The molecule has 1 unspecified atom stereocenters. The number of carbonyl (C=O) groups excluding carboxylic acids is 1. The van der Waals surface area contributed by atoms with Crippen LogP contribution in [0.2, 0.25) is 0 Å². The summed E-state index contributed by atoms with van der Waals surface area (Å²) in [6.45, 7) is 3.91. The van der Waals surface area contributed by atoms with Crippen LogP contribution in [0.5, 0.6) is 0 Å². The summed E-state index contributed by atoms with van der Waals surface area (Å²) in [7, 11) is 0. The van der Waals surface area contributed by atoms with Gasteiger partial charge in [-0.3, -0.25) is 0 Å². The molecule has 150 valence electrons. The van der Waals surface area contributed by atoms with Crippen LogP contribution in [0.1, 0.15) is 24.0 Å². The van der Waals surface area contributed by atoms with E-state index in [1.807, 2.05) is 48.2 Å². The Morgan fingerprint density at radius 3 is 2.82 bits per heavy atom. The highest BCUT2D eigenvalue weighted by Crippen LogP contribution is 2.24. The molecule has 6 heteroatoms. The molecule has 28 heavy (non-hydrogen) atoms. The lowest BCUT2D eigenvalue weighted by atomic mass is 10.0. The van der Waals surface area contributed by atoms with E-state index in [-0.39, 0.29) is 31.0 Å². The minimum atomic E-state index is -0.233. The number of amides is 2. The molecule has 1 aliphatic heterocycles. The molecular weight excluding hydrogens is 357 g/mol. The van der Waals surface area contributed by atoms with Crippen LogP contribution < -0.4 is 10.2 Å². The van der Waals surface area contributed by atoms with E-state index < -0.39 is 0 Å². The van der Waals surface area contributed by atoms with Crippen LogP contribution in [-0.4, -0.2) is 48.3 Å². The second kappa shape index (κ2) is 9.55. The fourth-order valence-electron chi connectivity index (χ4n) is 3.62. The van der Waals surface area contributed by atoms with Gasteiger partial charge in [-0.1, -0.05) is 36.4 Å². The molecule has 3 rings (SSSR count). The number of benzene rings is 2. The Kier molecular flexibility index (Phi) is 6.87. The van der Waals surface area contributed by atoms with Crippen molar-refractivity contribution >= 4 is 11.7 Å². The molecule has 0 bridgehead atoms. The predicted molar refractivity (Wildman–Crippen MR) is 109 cm³/mol. The summed E-state index contributed by atoms with van der Waals surface area (Å²) >= 11 is 0. The lowest BCUT2D eigenvalue weighted by Gasteiger charge is -2.36. The second-order valence-electron chi connectivity index (χ2n) is 7.32. The van der Waals surface area contributed by atoms with Gasteiger partial charge in [0, 0.05) is 32.2 Å². The van der Waals surface area contributed by atoms with Gasteiger partial charge in [0.25, 0.3) is 0 Å². The monoisotopic (exact) mass is 385 g/mol. The number of nitrogens with one attached hydrogen (secondary N) is 1. The molecule has 5 nitrogen and oxygen atoms in total. The number of nitrogens with zero attached hydrogens (tertiary/aromatic N) is 2. The summed E-state index contributed by atoms with van der Waals surface area (Å²) in [6.07, 6.45) is 1.74. The highest BCUT2D eigenvalue weighted by atomic mass is 19.1. The number of aliphatic hydroxyl groups is 1. The smallest absolute Gasteiger partial charge is 0.318 e. The molecule has 2 amide bonds. The van der Waals surface area contributed by atoms with Crippen LogP contribution in [-0.2, 0) is 6.54 Å². The fraction of sp³-hybridized carbons (Fsp3) is 0.409. The largest absolute Gasteiger partial charge is 0.395 e. The molecule has 2 aromatic carbocycles. The number of urea groups is 1. The van der Waals surface area contributed by atoms with Crippen molar-refractivity contribution in [2.45, 2.75) is 32.4 Å². The van der Waals surface area contributed by atoms with Crippen LogP contribution >= 0.6 is 0 Å². The average molecular weight is 385 g/mol. The average Bonchev–Trinajstić information content (AvgIpc) is 2.70. The topological polar surface area (TPSA) is 55.8 Å². The molecule has 1 heterocycles. The van der Waals surface area contributed by atoms with Gasteiger partial charge in [0.2, 0.25) is 0 Å². The van der Waals surface area contributed by atoms with Crippen LogP contribution in [0, 0.1) is 12.7 Å². The Morgan fingerprint density at radius 1 is 1.29 bits per heavy atom. The maximum Gasteiger partial charge on any atom is 0.318 e. The van der Waals surface area contributed by atoms with Crippen LogP contribution in [0.25, 0.3) is 0 Å². The molecule has 2 aromatic rings. The fourth-order valence-corrected chi connectivity index (χ4v) is 3.62. The van der Waals surface area contributed by atoms with Crippen molar-refractivity contribution in [2.75, 3.05) is 31.1 Å². The molecule has 0 radical (unpaired) electrons. The second-order valence-corrected chi connectivity index (χ2v) is 7.32. The van der Waals surface area contributed by atoms with Gasteiger partial charge in [-0.2, -0.15) is 0 Å². The van der Waals surface area contributed by atoms with Gasteiger partial charge >= 0.3 is 6.03 Å². The molecule has 2 N–H and O–H groups in total. The van der Waals surface area contributed by atoms with E-state index in [0.717, 1.165) is 30.5 Å². The molecular formula is C22H28FN3O2. The van der Waals surface area contributed by atoms with E-state index >= 15 is 0 Å². The van der Waals surface area contributed by atoms with Gasteiger partial charge in [0.05, 0.1) is 12.3 Å². The van der Waals surface area contributed by atoms with Crippen molar-refractivity contribution in [1.82, 2.24) is 10.2 Å².